The molecule has 2 amide bonds. The van der Waals surface area contributed by atoms with Crippen LogP contribution in [0.15, 0.2) is 12.3 Å². The maximum atomic E-state index is 12.6. The first kappa shape index (κ1) is 18.7. The minimum atomic E-state index is -0.0751. The molecule has 0 spiro atoms. The normalized spacial score (nSPS) is 20.0. The Hall–Kier alpha value is -2.64. The highest BCUT2D eigenvalue weighted by atomic mass is 16.2. The van der Waals surface area contributed by atoms with Gasteiger partial charge in [-0.1, -0.05) is 0 Å². The highest BCUT2D eigenvalue weighted by molar-refractivity contribution is 5.75. The molecule has 3 heterocycles. The van der Waals surface area contributed by atoms with Gasteiger partial charge in [0.1, 0.15) is 11.6 Å². The molecule has 2 aromatic rings. The fraction of sp³-hybridized carbons (Fsp3) is 0.600. The van der Waals surface area contributed by atoms with E-state index in [1.165, 1.54) is 5.69 Å². The average molecular weight is 384 g/mol. The Labute approximate surface area is 165 Å². The molecule has 0 radical (unpaired) electrons. The van der Waals surface area contributed by atoms with E-state index in [-0.39, 0.29) is 18.1 Å². The number of piperidine rings is 1. The van der Waals surface area contributed by atoms with Crippen LogP contribution in [0.4, 0.5) is 10.6 Å². The predicted molar refractivity (Wildman–Crippen MR) is 107 cm³/mol. The highest BCUT2D eigenvalue weighted by Gasteiger charge is 2.26. The molecule has 1 aliphatic carbocycles. The number of nitrogens with one attached hydrogen (secondary N) is 2. The fourth-order valence-electron chi connectivity index (χ4n) is 4.35. The first-order valence-electron chi connectivity index (χ1n) is 10.1. The lowest BCUT2D eigenvalue weighted by atomic mass is 9.93. The van der Waals surface area contributed by atoms with E-state index in [9.17, 15) is 4.79 Å². The van der Waals surface area contributed by atoms with E-state index in [2.05, 4.69) is 30.6 Å². The number of nitrogens with zero attached hydrogens (tertiary/aromatic N) is 5. The standard InChI is InChI=1S/C20H29N7O/c1-13-11-19(23-14(2)22-13)27-9-7-15(8-10-27)24-20(28)25-17-5-4-6-18-16(17)12-21-26(18)3/h11-12,15,17H,4-10H2,1-3H3,(H2,24,25,28). The van der Waals surface area contributed by atoms with Gasteiger partial charge in [-0.3, -0.25) is 4.68 Å². The number of fused-ring (bicyclic) bond motifs is 1. The number of anilines is 1. The molecule has 2 N–H and O–H groups in total. The Bertz CT molecular complexity index is 834. The van der Waals surface area contributed by atoms with Crippen LogP contribution in [0.2, 0.25) is 0 Å². The second-order valence-corrected chi connectivity index (χ2v) is 7.91. The van der Waals surface area contributed by atoms with Gasteiger partial charge in [0.25, 0.3) is 0 Å². The molecule has 1 aliphatic heterocycles. The van der Waals surface area contributed by atoms with Crippen molar-refractivity contribution in [2.24, 2.45) is 7.05 Å². The summed E-state index contributed by atoms with van der Waals surface area (Å²) in [7, 11) is 1.97. The minimum absolute atomic E-state index is 0.0597. The molecule has 1 saturated heterocycles. The molecule has 8 nitrogen and oxygen atoms in total. The Morgan fingerprint density at radius 2 is 1.93 bits per heavy atom. The third kappa shape index (κ3) is 3.95. The van der Waals surface area contributed by atoms with Crippen molar-refractivity contribution in [3.05, 3.63) is 35.0 Å². The lowest BCUT2D eigenvalue weighted by Crippen LogP contribution is -2.49. The molecular weight excluding hydrogens is 354 g/mol. The molecule has 2 aromatic heterocycles. The van der Waals surface area contributed by atoms with Gasteiger partial charge in [-0.25, -0.2) is 14.8 Å². The zero-order chi connectivity index (χ0) is 19.7. The van der Waals surface area contributed by atoms with Crippen LogP contribution in [0.1, 0.15) is 54.5 Å². The topological polar surface area (TPSA) is 88.0 Å². The summed E-state index contributed by atoms with van der Waals surface area (Å²) in [5.74, 6) is 1.79. The fourth-order valence-corrected chi connectivity index (χ4v) is 4.35. The van der Waals surface area contributed by atoms with Gasteiger partial charge in [0.2, 0.25) is 0 Å². The summed E-state index contributed by atoms with van der Waals surface area (Å²) in [4.78, 5) is 23.7. The first-order chi connectivity index (χ1) is 13.5. The van der Waals surface area contributed by atoms with Gasteiger partial charge in [-0.15, -0.1) is 0 Å². The monoisotopic (exact) mass is 383 g/mol. The molecule has 8 heteroatoms. The molecule has 0 bridgehead atoms. The molecule has 1 unspecified atom stereocenters. The number of rotatable bonds is 3. The summed E-state index contributed by atoms with van der Waals surface area (Å²) in [5.41, 5.74) is 3.39. The number of carbonyl (C=O) groups excluding carboxylic acids is 1. The number of aromatic nitrogens is 4. The second-order valence-electron chi connectivity index (χ2n) is 7.91. The van der Waals surface area contributed by atoms with Crippen LogP contribution in [-0.4, -0.2) is 44.9 Å². The maximum Gasteiger partial charge on any atom is 0.315 e. The van der Waals surface area contributed by atoms with Crippen LogP contribution in [0, 0.1) is 13.8 Å². The van der Waals surface area contributed by atoms with Gasteiger partial charge < -0.3 is 15.5 Å². The molecule has 1 atom stereocenters. The van der Waals surface area contributed by atoms with E-state index in [1.54, 1.807) is 0 Å². The van der Waals surface area contributed by atoms with Crippen LogP contribution in [0.5, 0.6) is 0 Å². The number of hydrogen-bond donors (Lipinski definition) is 2. The van der Waals surface area contributed by atoms with Crippen molar-refractivity contribution in [1.29, 1.82) is 0 Å². The van der Waals surface area contributed by atoms with Crippen molar-refractivity contribution in [1.82, 2.24) is 30.4 Å². The van der Waals surface area contributed by atoms with Crippen molar-refractivity contribution in [2.75, 3.05) is 18.0 Å². The van der Waals surface area contributed by atoms with E-state index in [1.807, 2.05) is 37.8 Å². The van der Waals surface area contributed by atoms with Gasteiger partial charge >= 0.3 is 6.03 Å². The van der Waals surface area contributed by atoms with Gasteiger partial charge in [-0.05, 0) is 46.0 Å². The second kappa shape index (κ2) is 7.77. The molecule has 28 heavy (non-hydrogen) atoms. The lowest BCUT2D eigenvalue weighted by Gasteiger charge is -2.33. The Kier molecular flexibility index (Phi) is 5.19. The summed E-state index contributed by atoms with van der Waals surface area (Å²) in [5, 5.41) is 10.7. The molecule has 0 aromatic carbocycles. The van der Waals surface area contributed by atoms with E-state index >= 15 is 0 Å². The van der Waals surface area contributed by atoms with Crippen molar-refractivity contribution in [3.63, 3.8) is 0 Å². The van der Waals surface area contributed by atoms with Gasteiger partial charge in [0.15, 0.2) is 0 Å². The van der Waals surface area contributed by atoms with Crippen molar-refractivity contribution >= 4 is 11.8 Å². The smallest absolute Gasteiger partial charge is 0.315 e. The Morgan fingerprint density at radius 3 is 2.68 bits per heavy atom. The number of aryl methyl sites for hydroxylation is 3. The number of carbonyl (C=O) groups is 1. The van der Waals surface area contributed by atoms with Gasteiger partial charge in [0.05, 0.1) is 12.2 Å². The molecule has 0 saturated carbocycles. The summed E-state index contributed by atoms with van der Waals surface area (Å²) in [6, 6.07) is 2.21. The molecule has 1 fully saturated rings. The Balaban J connectivity index is 1.30. The van der Waals surface area contributed by atoms with Crippen molar-refractivity contribution in [2.45, 2.75) is 58.0 Å². The zero-order valence-electron chi connectivity index (χ0n) is 16.9. The van der Waals surface area contributed by atoms with E-state index in [0.717, 1.165) is 68.1 Å². The number of amides is 2. The molecule has 4 rings (SSSR count). The third-order valence-corrected chi connectivity index (χ3v) is 5.79. The first-order valence-corrected chi connectivity index (χ1v) is 10.1. The summed E-state index contributed by atoms with van der Waals surface area (Å²) < 4.78 is 1.92. The predicted octanol–water partition coefficient (Wildman–Crippen LogP) is 2.17. The summed E-state index contributed by atoms with van der Waals surface area (Å²) in [6.45, 7) is 5.69. The summed E-state index contributed by atoms with van der Waals surface area (Å²) in [6.07, 6.45) is 6.80. The van der Waals surface area contributed by atoms with E-state index < -0.39 is 0 Å². The Morgan fingerprint density at radius 1 is 1.14 bits per heavy atom. The maximum absolute atomic E-state index is 12.6. The van der Waals surface area contributed by atoms with Crippen molar-refractivity contribution in [3.8, 4) is 0 Å². The molecular formula is C20H29N7O. The van der Waals surface area contributed by atoms with Crippen molar-refractivity contribution < 1.29 is 4.79 Å². The SMILES string of the molecule is Cc1cc(N2CCC(NC(=O)NC3CCCc4c3cnn4C)CC2)nc(C)n1. The quantitative estimate of drug-likeness (QED) is 0.848. The van der Waals surface area contributed by atoms with Crippen LogP contribution >= 0.6 is 0 Å². The lowest BCUT2D eigenvalue weighted by molar-refractivity contribution is 0.229. The van der Waals surface area contributed by atoms with Crippen LogP contribution in [0.25, 0.3) is 0 Å². The van der Waals surface area contributed by atoms with Gasteiger partial charge in [-0.2, -0.15) is 5.10 Å². The van der Waals surface area contributed by atoms with Crippen LogP contribution in [-0.2, 0) is 13.5 Å². The zero-order valence-corrected chi connectivity index (χ0v) is 16.9. The molecule has 150 valence electrons. The minimum Gasteiger partial charge on any atom is -0.356 e. The number of urea groups is 1. The highest BCUT2D eigenvalue weighted by Crippen LogP contribution is 2.29. The van der Waals surface area contributed by atoms with Gasteiger partial charge in [0, 0.05) is 49.2 Å². The van der Waals surface area contributed by atoms with E-state index in [0.29, 0.717) is 0 Å². The van der Waals surface area contributed by atoms with Crippen LogP contribution in [0.3, 0.4) is 0 Å². The largest absolute Gasteiger partial charge is 0.356 e. The third-order valence-electron chi connectivity index (χ3n) is 5.79. The van der Waals surface area contributed by atoms with Crippen LogP contribution < -0.4 is 15.5 Å². The van der Waals surface area contributed by atoms with E-state index in [4.69, 9.17) is 0 Å². The average Bonchev–Trinajstić information content (AvgIpc) is 3.04. The number of hydrogen-bond acceptors (Lipinski definition) is 5. The molecule has 2 aliphatic rings. The summed E-state index contributed by atoms with van der Waals surface area (Å²) >= 11 is 0.